The van der Waals surface area contributed by atoms with Gasteiger partial charge in [0.2, 0.25) is 5.82 Å². The molecule has 0 spiro atoms. The predicted molar refractivity (Wildman–Crippen MR) is 102 cm³/mol. The van der Waals surface area contributed by atoms with Crippen LogP contribution in [0.3, 0.4) is 0 Å². The van der Waals surface area contributed by atoms with E-state index in [9.17, 15) is 4.79 Å². The molecule has 7 nitrogen and oxygen atoms in total. The highest BCUT2D eigenvalue weighted by molar-refractivity contribution is 5.69. The normalized spacial score (nSPS) is 10.5. The van der Waals surface area contributed by atoms with Gasteiger partial charge in [0.05, 0.1) is 19.6 Å². The molecule has 0 radical (unpaired) electrons. The molecule has 146 valence electrons. The van der Waals surface area contributed by atoms with E-state index in [2.05, 4.69) is 10.1 Å². The summed E-state index contributed by atoms with van der Waals surface area (Å²) < 4.78 is 21.2. The van der Waals surface area contributed by atoms with E-state index in [1.54, 1.807) is 12.1 Å². The topological polar surface area (TPSA) is 83.7 Å². The summed E-state index contributed by atoms with van der Waals surface area (Å²) in [6, 6.07) is 15.0. The summed E-state index contributed by atoms with van der Waals surface area (Å²) in [7, 11) is 0. The fraction of sp³-hybridized carbons (Fsp3) is 0.286. The van der Waals surface area contributed by atoms with Gasteiger partial charge in [-0.25, -0.2) is 0 Å². The number of carbonyl (C=O) groups is 1. The van der Waals surface area contributed by atoms with Crippen LogP contribution in [0, 0.1) is 6.92 Å². The van der Waals surface area contributed by atoms with Crippen molar-refractivity contribution in [2.24, 2.45) is 0 Å². The number of benzene rings is 2. The molecule has 28 heavy (non-hydrogen) atoms. The Morgan fingerprint density at radius 2 is 1.68 bits per heavy atom. The zero-order valence-corrected chi connectivity index (χ0v) is 15.9. The summed E-state index contributed by atoms with van der Waals surface area (Å²) in [6.07, 6.45) is 0.117. The molecule has 0 aliphatic rings. The molecule has 0 atom stereocenters. The van der Waals surface area contributed by atoms with E-state index in [1.165, 1.54) is 0 Å². The van der Waals surface area contributed by atoms with Gasteiger partial charge in [-0.15, -0.1) is 0 Å². The highest BCUT2D eigenvalue weighted by Gasteiger charge is 2.11. The molecule has 0 saturated heterocycles. The second-order valence-electron chi connectivity index (χ2n) is 6.04. The molecular formula is C21H22N2O5. The largest absolute Gasteiger partial charge is 0.494 e. The molecule has 0 unspecified atom stereocenters. The average molecular weight is 382 g/mol. The van der Waals surface area contributed by atoms with Crippen molar-refractivity contribution in [3.8, 4) is 22.9 Å². The molecule has 0 amide bonds. The van der Waals surface area contributed by atoms with E-state index >= 15 is 0 Å². The van der Waals surface area contributed by atoms with Gasteiger partial charge < -0.3 is 18.7 Å². The second-order valence-corrected chi connectivity index (χ2v) is 6.04. The summed E-state index contributed by atoms with van der Waals surface area (Å²) in [5.74, 6) is 1.75. The molecule has 2 aromatic carbocycles. The van der Waals surface area contributed by atoms with Gasteiger partial charge in [-0.1, -0.05) is 35.0 Å². The van der Waals surface area contributed by atoms with E-state index < -0.39 is 5.97 Å². The monoisotopic (exact) mass is 382 g/mol. The van der Waals surface area contributed by atoms with Crippen LogP contribution in [0.2, 0.25) is 0 Å². The van der Waals surface area contributed by atoms with Crippen LogP contribution in [0.5, 0.6) is 11.5 Å². The van der Waals surface area contributed by atoms with Crippen LogP contribution >= 0.6 is 0 Å². The molecule has 0 bridgehead atoms. The summed E-state index contributed by atoms with van der Waals surface area (Å²) in [4.78, 5) is 16.1. The molecule has 0 N–H and O–H groups in total. The number of nitrogens with zero attached hydrogens (tertiary/aromatic N) is 2. The first-order valence-electron chi connectivity index (χ1n) is 9.05. The standard InChI is InChI=1S/C21H22N2O5/c1-3-25-17-8-10-18(11-9-17)26-13-12-20(24)27-14-19-22-21(23-28-19)16-6-4-15(2)5-7-16/h4-11H,3,12-14H2,1-2H3. The first kappa shape index (κ1) is 19.4. The first-order chi connectivity index (χ1) is 13.6. The number of ether oxygens (including phenoxy) is 3. The fourth-order valence-electron chi connectivity index (χ4n) is 2.40. The molecular weight excluding hydrogens is 360 g/mol. The SMILES string of the molecule is CCOc1ccc(OCCC(=O)OCc2nc(-c3ccc(C)cc3)no2)cc1. The van der Waals surface area contributed by atoms with Gasteiger partial charge in [0.1, 0.15) is 11.5 Å². The zero-order valence-electron chi connectivity index (χ0n) is 15.9. The number of aryl methyl sites for hydroxylation is 1. The summed E-state index contributed by atoms with van der Waals surface area (Å²) >= 11 is 0. The van der Waals surface area contributed by atoms with E-state index in [-0.39, 0.29) is 25.5 Å². The van der Waals surface area contributed by atoms with Gasteiger partial charge in [-0.3, -0.25) is 4.79 Å². The van der Waals surface area contributed by atoms with Crippen LogP contribution in [0.25, 0.3) is 11.4 Å². The Hall–Kier alpha value is -3.35. The Morgan fingerprint density at radius 3 is 2.36 bits per heavy atom. The number of hydrogen-bond donors (Lipinski definition) is 0. The molecule has 7 heteroatoms. The Morgan fingerprint density at radius 1 is 1.00 bits per heavy atom. The van der Waals surface area contributed by atoms with Gasteiger partial charge in [0.25, 0.3) is 5.89 Å². The Bertz CT molecular complexity index is 888. The number of carbonyl (C=O) groups excluding carboxylic acids is 1. The summed E-state index contributed by atoms with van der Waals surface area (Å²) in [5, 5.41) is 3.90. The lowest BCUT2D eigenvalue weighted by Gasteiger charge is -2.07. The van der Waals surface area contributed by atoms with Crippen molar-refractivity contribution in [1.82, 2.24) is 10.1 Å². The Balaban J connectivity index is 1.40. The lowest BCUT2D eigenvalue weighted by atomic mass is 10.1. The molecule has 3 aromatic rings. The van der Waals surface area contributed by atoms with Crippen molar-refractivity contribution in [1.29, 1.82) is 0 Å². The Kier molecular flexibility index (Phi) is 6.62. The van der Waals surface area contributed by atoms with Gasteiger partial charge in [0, 0.05) is 5.56 Å². The molecule has 1 aromatic heterocycles. The van der Waals surface area contributed by atoms with Crippen molar-refractivity contribution >= 4 is 5.97 Å². The fourth-order valence-corrected chi connectivity index (χ4v) is 2.40. The van der Waals surface area contributed by atoms with Crippen molar-refractivity contribution in [2.75, 3.05) is 13.2 Å². The molecule has 0 aliphatic carbocycles. The van der Waals surface area contributed by atoms with Crippen LogP contribution in [-0.4, -0.2) is 29.3 Å². The van der Waals surface area contributed by atoms with Gasteiger partial charge in [0.15, 0.2) is 6.61 Å². The van der Waals surface area contributed by atoms with Crippen LogP contribution in [0.15, 0.2) is 53.1 Å². The first-order valence-corrected chi connectivity index (χ1v) is 9.05. The second kappa shape index (κ2) is 9.55. The minimum absolute atomic E-state index is 0.0687. The molecule has 0 fully saturated rings. The van der Waals surface area contributed by atoms with Crippen molar-refractivity contribution in [3.63, 3.8) is 0 Å². The minimum atomic E-state index is -0.402. The lowest BCUT2D eigenvalue weighted by molar-refractivity contribution is -0.146. The molecule has 0 saturated carbocycles. The molecule has 1 heterocycles. The van der Waals surface area contributed by atoms with Gasteiger partial charge in [-0.05, 0) is 38.1 Å². The molecule has 0 aliphatic heterocycles. The van der Waals surface area contributed by atoms with E-state index in [1.807, 2.05) is 50.2 Å². The maximum absolute atomic E-state index is 11.8. The van der Waals surface area contributed by atoms with Crippen LogP contribution in [0.4, 0.5) is 0 Å². The maximum Gasteiger partial charge on any atom is 0.309 e. The van der Waals surface area contributed by atoms with Gasteiger partial charge >= 0.3 is 5.97 Å². The third-order valence-corrected chi connectivity index (χ3v) is 3.84. The highest BCUT2D eigenvalue weighted by Crippen LogP contribution is 2.18. The predicted octanol–water partition coefficient (Wildman–Crippen LogP) is 3.96. The van der Waals surface area contributed by atoms with Crippen molar-refractivity contribution in [3.05, 3.63) is 60.0 Å². The summed E-state index contributed by atoms with van der Waals surface area (Å²) in [6.45, 7) is 4.68. The van der Waals surface area contributed by atoms with E-state index in [0.717, 1.165) is 16.9 Å². The van der Waals surface area contributed by atoms with Crippen LogP contribution in [0.1, 0.15) is 24.8 Å². The van der Waals surface area contributed by atoms with Crippen LogP contribution < -0.4 is 9.47 Å². The number of esters is 1. The third kappa shape index (κ3) is 5.57. The number of hydrogen-bond acceptors (Lipinski definition) is 7. The van der Waals surface area contributed by atoms with Crippen LogP contribution in [-0.2, 0) is 16.1 Å². The number of aromatic nitrogens is 2. The minimum Gasteiger partial charge on any atom is -0.494 e. The van der Waals surface area contributed by atoms with Crippen molar-refractivity contribution < 1.29 is 23.5 Å². The lowest BCUT2D eigenvalue weighted by Crippen LogP contribution is -2.10. The van der Waals surface area contributed by atoms with Crippen molar-refractivity contribution in [2.45, 2.75) is 26.9 Å². The smallest absolute Gasteiger partial charge is 0.309 e. The Labute approximate surface area is 163 Å². The van der Waals surface area contributed by atoms with E-state index in [4.69, 9.17) is 18.7 Å². The van der Waals surface area contributed by atoms with Gasteiger partial charge in [-0.2, -0.15) is 4.98 Å². The quantitative estimate of drug-likeness (QED) is 0.518. The average Bonchev–Trinajstić information content (AvgIpc) is 3.18. The zero-order chi connectivity index (χ0) is 19.8. The highest BCUT2D eigenvalue weighted by atomic mass is 16.6. The van der Waals surface area contributed by atoms with E-state index in [0.29, 0.717) is 18.2 Å². The molecule has 3 rings (SSSR count). The number of rotatable bonds is 9. The third-order valence-electron chi connectivity index (χ3n) is 3.84. The maximum atomic E-state index is 11.8. The summed E-state index contributed by atoms with van der Waals surface area (Å²) in [5.41, 5.74) is 1.99.